The summed E-state index contributed by atoms with van der Waals surface area (Å²) in [7, 11) is 0. The molecule has 2 aliphatic carbocycles. The monoisotopic (exact) mass is 594 g/mol. The Morgan fingerprint density at radius 1 is 1.15 bits per heavy atom. The lowest BCUT2D eigenvalue weighted by Gasteiger charge is -2.45. The number of alkyl halides is 2. The van der Waals surface area contributed by atoms with Gasteiger partial charge in [-0.2, -0.15) is 0 Å². The first kappa shape index (κ1) is 28.9. The third-order valence-corrected chi connectivity index (χ3v) is 9.23. The lowest BCUT2D eigenvalue weighted by Crippen LogP contribution is -2.57. The van der Waals surface area contributed by atoms with E-state index in [4.69, 9.17) is 16.3 Å². The fourth-order valence-electron chi connectivity index (χ4n) is 5.35. The molecule has 12 heteroatoms. The Kier molecular flexibility index (Phi) is 9.34. The van der Waals surface area contributed by atoms with Crippen molar-refractivity contribution in [3.05, 3.63) is 45.1 Å². The maximum atomic E-state index is 14.1. The van der Waals surface area contributed by atoms with Crippen LogP contribution in [-0.4, -0.2) is 67.6 Å². The van der Waals surface area contributed by atoms with Gasteiger partial charge < -0.3 is 20.3 Å². The maximum Gasteiger partial charge on any atom is 0.265 e. The van der Waals surface area contributed by atoms with E-state index in [0.717, 1.165) is 50.0 Å². The van der Waals surface area contributed by atoms with Crippen LogP contribution in [0.4, 0.5) is 20.2 Å². The minimum Gasteiger partial charge on any atom is -0.370 e. The maximum absolute atomic E-state index is 14.1. The lowest BCUT2D eigenvalue weighted by atomic mass is 9.82. The first-order valence-electron chi connectivity index (χ1n) is 13.7. The van der Waals surface area contributed by atoms with Crippen molar-refractivity contribution in [1.29, 1.82) is 0 Å². The molecule has 3 aliphatic rings. The van der Waals surface area contributed by atoms with Crippen LogP contribution in [0.15, 0.2) is 30.3 Å². The Hall–Kier alpha value is -2.60. The number of rotatable bonds is 11. The third-order valence-electron chi connectivity index (χ3n) is 8.00. The number of ether oxygens (including phenoxy) is 1. The topological polar surface area (TPSA) is 91.0 Å². The molecule has 216 valence electrons. The number of anilines is 2. The number of nitrogens with one attached hydrogen (secondary N) is 2. The van der Waals surface area contributed by atoms with Crippen molar-refractivity contribution in [3.63, 3.8) is 0 Å². The van der Waals surface area contributed by atoms with Crippen LogP contribution in [0.25, 0.3) is 0 Å². The van der Waals surface area contributed by atoms with E-state index in [1.54, 1.807) is 12.1 Å². The predicted octanol–water partition coefficient (Wildman–Crippen LogP) is 5.09. The molecular formula is C28H33ClF2N4O4S. The Morgan fingerprint density at radius 3 is 2.52 bits per heavy atom. The molecule has 1 saturated heterocycles. The van der Waals surface area contributed by atoms with Crippen LogP contribution in [0, 0.1) is 5.92 Å². The fourth-order valence-corrected chi connectivity index (χ4v) is 6.31. The van der Waals surface area contributed by atoms with Gasteiger partial charge in [-0.05, 0) is 61.9 Å². The van der Waals surface area contributed by atoms with E-state index in [1.807, 2.05) is 0 Å². The van der Waals surface area contributed by atoms with Gasteiger partial charge in [0.05, 0.1) is 21.5 Å². The summed E-state index contributed by atoms with van der Waals surface area (Å²) in [6.07, 6.45) is 3.57. The standard InChI is InChI=1S/C28H33ClF2N4O4S/c29-24-10-9-23(40-24)28(38)32-14-22(35(19-5-2-6-19)15-17-3-1-4-17)27(37)33-18-7-8-21(20(13-18)26(30)31)34-11-12-39-16-25(34)36/h7-10,13,17,19,22,26H,1-6,11-12,14-16H2,(H,32,38)(H,33,37)/t22-/m1/s1. The molecule has 2 heterocycles. The second-order valence-corrected chi connectivity index (χ2v) is 12.3. The van der Waals surface area contributed by atoms with Gasteiger partial charge in [-0.1, -0.05) is 24.4 Å². The average Bonchev–Trinajstić information content (AvgIpc) is 3.31. The van der Waals surface area contributed by atoms with Crippen molar-refractivity contribution < 1.29 is 27.9 Å². The molecule has 5 rings (SSSR count). The highest BCUT2D eigenvalue weighted by molar-refractivity contribution is 7.18. The van der Waals surface area contributed by atoms with Crippen molar-refractivity contribution in [3.8, 4) is 0 Å². The van der Waals surface area contributed by atoms with E-state index >= 15 is 0 Å². The molecular weight excluding hydrogens is 562 g/mol. The van der Waals surface area contributed by atoms with E-state index in [2.05, 4.69) is 15.5 Å². The van der Waals surface area contributed by atoms with E-state index < -0.39 is 12.5 Å². The van der Waals surface area contributed by atoms with Gasteiger partial charge in [-0.25, -0.2) is 8.78 Å². The molecule has 2 saturated carbocycles. The summed E-state index contributed by atoms with van der Waals surface area (Å²) in [6.45, 7) is 1.11. The van der Waals surface area contributed by atoms with Gasteiger partial charge >= 0.3 is 0 Å². The largest absolute Gasteiger partial charge is 0.370 e. The number of morpholine rings is 1. The second kappa shape index (κ2) is 12.9. The Labute approximate surface area is 241 Å². The molecule has 1 aliphatic heterocycles. The van der Waals surface area contributed by atoms with E-state index in [-0.39, 0.29) is 67.0 Å². The van der Waals surface area contributed by atoms with Gasteiger partial charge in [0.1, 0.15) is 12.6 Å². The SMILES string of the molecule is O=C(NC[C@H](C(=O)Nc1ccc(N2CCOCC2=O)c(C(F)F)c1)N(CC1CCC1)C1CCC1)c1ccc(Cl)s1. The van der Waals surface area contributed by atoms with E-state index in [1.165, 1.54) is 29.5 Å². The summed E-state index contributed by atoms with van der Waals surface area (Å²) >= 11 is 7.16. The molecule has 8 nitrogen and oxygen atoms in total. The van der Waals surface area contributed by atoms with Crippen molar-refractivity contribution in [1.82, 2.24) is 10.2 Å². The Morgan fingerprint density at radius 2 is 1.93 bits per heavy atom. The number of carbonyl (C=O) groups excluding carboxylic acids is 3. The summed E-state index contributed by atoms with van der Waals surface area (Å²) < 4.78 is 33.8. The molecule has 3 fully saturated rings. The molecule has 0 radical (unpaired) electrons. The molecule has 0 unspecified atom stereocenters. The van der Waals surface area contributed by atoms with Crippen LogP contribution >= 0.6 is 22.9 Å². The van der Waals surface area contributed by atoms with Crippen molar-refractivity contribution in [2.45, 2.75) is 57.0 Å². The first-order valence-corrected chi connectivity index (χ1v) is 14.9. The van der Waals surface area contributed by atoms with Gasteiger partial charge in [0.2, 0.25) is 5.91 Å². The minimum atomic E-state index is -2.85. The molecule has 0 spiro atoms. The zero-order valence-electron chi connectivity index (χ0n) is 22.0. The van der Waals surface area contributed by atoms with E-state index in [9.17, 15) is 23.2 Å². The number of hydrogen-bond acceptors (Lipinski definition) is 6. The van der Waals surface area contributed by atoms with Gasteiger partial charge in [-0.15, -0.1) is 11.3 Å². The Balaban J connectivity index is 1.36. The van der Waals surface area contributed by atoms with Crippen molar-refractivity contribution >= 4 is 52.0 Å². The minimum absolute atomic E-state index is 0.0749. The smallest absolute Gasteiger partial charge is 0.265 e. The number of halogens is 3. The zero-order valence-corrected chi connectivity index (χ0v) is 23.6. The highest BCUT2D eigenvalue weighted by Gasteiger charge is 2.37. The second-order valence-electron chi connectivity index (χ2n) is 10.6. The van der Waals surface area contributed by atoms with Gasteiger partial charge in [0.25, 0.3) is 18.2 Å². The highest BCUT2D eigenvalue weighted by Crippen LogP contribution is 2.35. The van der Waals surface area contributed by atoms with E-state index in [0.29, 0.717) is 15.1 Å². The van der Waals surface area contributed by atoms with Crippen LogP contribution < -0.4 is 15.5 Å². The van der Waals surface area contributed by atoms with Crippen LogP contribution in [0.5, 0.6) is 0 Å². The van der Waals surface area contributed by atoms with Gasteiger partial charge in [-0.3, -0.25) is 19.3 Å². The summed E-state index contributed by atoms with van der Waals surface area (Å²) in [5.74, 6) is -0.573. The van der Waals surface area contributed by atoms with Crippen LogP contribution in [0.1, 0.15) is 60.2 Å². The van der Waals surface area contributed by atoms with Crippen LogP contribution in [-0.2, 0) is 14.3 Å². The molecule has 1 aromatic heterocycles. The molecule has 40 heavy (non-hydrogen) atoms. The molecule has 1 atom stereocenters. The zero-order chi connectivity index (χ0) is 28.2. The summed E-state index contributed by atoms with van der Waals surface area (Å²) in [5.41, 5.74) is -0.0121. The highest BCUT2D eigenvalue weighted by atomic mass is 35.5. The normalized spacial score (nSPS) is 18.9. The number of amides is 3. The number of hydrogen-bond donors (Lipinski definition) is 2. The number of nitrogens with zero attached hydrogens (tertiary/aromatic N) is 2. The molecule has 2 aromatic rings. The number of benzene rings is 1. The fraction of sp³-hybridized carbons (Fsp3) is 0.536. The number of carbonyl (C=O) groups is 3. The quantitative estimate of drug-likeness (QED) is 0.378. The Bertz CT molecular complexity index is 1240. The van der Waals surface area contributed by atoms with Gasteiger partial charge in [0, 0.05) is 36.9 Å². The summed E-state index contributed by atoms with van der Waals surface area (Å²) in [4.78, 5) is 42.8. The van der Waals surface area contributed by atoms with Gasteiger partial charge in [0.15, 0.2) is 0 Å². The summed E-state index contributed by atoms with van der Waals surface area (Å²) in [6, 6.07) is 7.04. The van der Waals surface area contributed by atoms with Crippen molar-refractivity contribution in [2.24, 2.45) is 5.92 Å². The lowest BCUT2D eigenvalue weighted by molar-refractivity contribution is -0.126. The summed E-state index contributed by atoms with van der Waals surface area (Å²) in [5, 5.41) is 5.72. The van der Waals surface area contributed by atoms with Crippen LogP contribution in [0.3, 0.4) is 0 Å². The molecule has 2 N–H and O–H groups in total. The first-order chi connectivity index (χ1) is 19.3. The van der Waals surface area contributed by atoms with Crippen molar-refractivity contribution in [2.75, 3.05) is 43.1 Å². The number of thiophene rings is 1. The predicted molar refractivity (Wildman–Crippen MR) is 150 cm³/mol. The third kappa shape index (κ3) is 6.64. The molecule has 3 amide bonds. The molecule has 1 aromatic carbocycles. The average molecular weight is 595 g/mol. The van der Waals surface area contributed by atoms with Crippen LogP contribution in [0.2, 0.25) is 4.34 Å². The molecule has 0 bridgehead atoms.